The summed E-state index contributed by atoms with van der Waals surface area (Å²) in [4.78, 5) is 5.12. The quantitative estimate of drug-likeness (QED) is 0.645. The fraction of sp³-hybridized carbons (Fsp3) is 0.286. The van der Waals surface area contributed by atoms with E-state index < -0.39 is 0 Å². The molecule has 0 bridgehead atoms. The van der Waals surface area contributed by atoms with Gasteiger partial charge in [-0.25, -0.2) is 4.98 Å². The van der Waals surface area contributed by atoms with Crippen LogP contribution >= 0.6 is 11.5 Å². The molecule has 0 spiro atoms. The number of hydrogen-bond acceptors (Lipinski definition) is 4. The molecular weight excluding hydrogens is 158 g/mol. The molecule has 0 saturated carbocycles. The summed E-state index contributed by atoms with van der Waals surface area (Å²) in [5, 5.41) is 3.93. The molecule has 56 valence electrons. The highest BCUT2D eigenvalue weighted by Gasteiger charge is 1.98. The lowest BCUT2D eigenvalue weighted by Crippen LogP contribution is -1.81. The average Bonchev–Trinajstić information content (AvgIpc) is 2.50. The van der Waals surface area contributed by atoms with Crippen LogP contribution in [0.1, 0.15) is 12.5 Å². The molecular formula is C7H7N3S. The van der Waals surface area contributed by atoms with Gasteiger partial charge in [0.1, 0.15) is 5.52 Å². The minimum absolute atomic E-state index is 0.911. The predicted octanol–water partition coefficient (Wildman–Crippen LogP) is 1.65. The minimum Gasteiger partial charge on any atom is -0.242 e. The van der Waals surface area contributed by atoms with E-state index in [1.165, 1.54) is 17.1 Å². The van der Waals surface area contributed by atoms with Gasteiger partial charge in [0.2, 0.25) is 0 Å². The van der Waals surface area contributed by atoms with E-state index in [0.717, 1.165) is 16.8 Å². The molecule has 0 aliphatic carbocycles. The number of fused-ring (bicyclic) bond motifs is 1. The second-order valence-electron chi connectivity index (χ2n) is 2.29. The SMILES string of the molecule is CCc1cnc2snnc2c1. The van der Waals surface area contributed by atoms with Crippen LogP contribution in [0.15, 0.2) is 12.3 Å². The minimum atomic E-state index is 0.911. The lowest BCUT2D eigenvalue weighted by molar-refractivity contribution is 1.11. The first-order valence-electron chi connectivity index (χ1n) is 3.47. The highest BCUT2D eigenvalue weighted by molar-refractivity contribution is 7.12. The smallest absolute Gasteiger partial charge is 0.163 e. The molecule has 0 atom stereocenters. The highest BCUT2D eigenvalue weighted by atomic mass is 32.1. The van der Waals surface area contributed by atoms with Crippen LogP contribution in [0.2, 0.25) is 0 Å². The Morgan fingerprint density at radius 3 is 3.27 bits per heavy atom. The van der Waals surface area contributed by atoms with Crippen LogP contribution in [0.5, 0.6) is 0 Å². The summed E-state index contributed by atoms with van der Waals surface area (Å²) in [6.07, 6.45) is 2.88. The van der Waals surface area contributed by atoms with Crippen LogP contribution in [-0.4, -0.2) is 14.6 Å². The first-order valence-corrected chi connectivity index (χ1v) is 4.24. The molecule has 4 heteroatoms. The Kier molecular flexibility index (Phi) is 1.54. The fourth-order valence-corrected chi connectivity index (χ4v) is 1.42. The van der Waals surface area contributed by atoms with Crippen LogP contribution in [0, 0.1) is 0 Å². The van der Waals surface area contributed by atoms with Crippen molar-refractivity contribution in [1.29, 1.82) is 0 Å². The topological polar surface area (TPSA) is 38.7 Å². The molecule has 0 saturated heterocycles. The third kappa shape index (κ3) is 1.09. The van der Waals surface area contributed by atoms with Gasteiger partial charge in [0, 0.05) is 17.7 Å². The molecule has 11 heavy (non-hydrogen) atoms. The van der Waals surface area contributed by atoms with Gasteiger partial charge in [-0.2, -0.15) is 0 Å². The van der Waals surface area contributed by atoms with E-state index in [2.05, 4.69) is 21.5 Å². The first kappa shape index (κ1) is 6.67. The summed E-state index contributed by atoms with van der Waals surface area (Å²) in [5.74, 6) is 0. The molecule has 0 radical (unpaired) electrons. The van der Waals surface area contributed by atoms with Crippen LogP contribution in [0.4, 0.5) is 0 Å². The van der Waals surface area contributed by atoms with Crippen molar-refractivity contribution in [1.82, 2.24) is 14.6 Å². The molecule has 0 aliphatic rings. The van der Waals surface area contributed by atoms with Crippen molar-refractivity contribution in [2.24, 2.45) is 0 Å². The van der Waals surface area contributed by atoms with Gasteiger partial charge in [0.25, 0.3) is 0 Å². The zero-order valence-corrected chi connectivity index (χ0v) is 6.93. The summed E-state index contributed by atoms with van der Waals surface area (Å²) in [6.45, 7) is 2.10. The molecule has 2 rings (SSSR count). The molecule has 0 N–H and O–H groups in total. The summed E-state index contributed by atoms with van der Waals surface area (Å²) < 4.78 is 3.81. The zero-order valence-electron chi connectivity index (χ0n) is 6.11. The third-order valence-electron chi connectivity index (χ3n) is 1.57. The van der Waals surface area contributed by atoms with Crippen LogP contribution < -0.4 is 0 Å². The van der Waals surface area contributed by atoms with E-state index in [1.54, 1.807) is 0 Å². The Hall–Kier alpha value is -1.03. The molecule has 3 nitrogen and oxygen atoms in total. The molecule has 0 fully saturated rings. The highest BCUT2D eigenvalue weighted by Crippen LogP contribution is 2.13. The summed E-state index contributed by atoms with van der Waals surface area (Å²) in [5.41, 5.74) is 2.12. The van der Waals surface area contributed by atoms with Gasteiger partial charge in [-0.1, -0.05) is 11.4 Å². The van der Waals surface area contributed by atoms with Gasteiger partial charge in [-0.3, -0.25) is 0 Å². The van der Waals surface area contributed by atoms with Gasteiger partial charge >= 0.3 is 0 Å². The van der Waals surface area contributed by atoms with Crippen LogP contribution in [0.25, 0.3) is 10.3 Å². The molecule has 0 aromatic carbocycles. The Morgan fingerprint density at radius 2 is 2.45 bits per heavy atom. The number of hydrogen-bond donors (Lipinski definition) is 0. The Labute approximate surface area is 68.3 Å². The Bertz CT molecular complexity index is 368. The normalized spacial score (nSPS) is 10.6. The first-order chi connectivity index (χ1) is 5.40. The maximum atomic E-state index is 4.21. The maximum absolute atomic E-state index is 4.21. The molecule has 0 aliphatic heterocycles. The number of aromatic nitrogens is 3. The number of pyridine rings is 1. The molecule has 0 amide bonds. The molecule has 2 heterocycles. The number of nitrogens with zero attached hydrogens (tertiary/aromatic N) is 3. The van der Waals surface area contributed by atoms with Crippen molar-refractivity contribution in [3.63, 3.8) is 0 Å². The van der Waals surface area contributed by atoms with Gasteiger partial charge in [0.15, 0.2) is 4.83 Å². The lowest BCUT2D eigenvalue weighted by Gasteiger charge is -1.91. The molecule has 0 unspecified atom stereocenters. The standard InChI is InChI=1S/C7H7N3S/c1-2-5-3-6-7(8-4-5)11-10-9-6/h3-4H,2H2,1H3. The average molecular weight is 165 g/mol. The molecule has 2 aromatic rings. The number of aryl methyl sites for hydroxylation is 1. The van der Waals surface area contributed by atoms with Crippen molar-refractivity contribution in [3.8, 4) is 0 Å². The largest absolute Gasteiger partial charge is 0.242 e. The maximum Gasteiger partial charge on any atom is 0.163 e. The Morgan fingerprint density at radius 1 is 1.55 bits per heavy atom. The summed E-state index contributed by atoms with van der Waals surface area (Å²) in [6, 6.07) is 2.03. The van der Waals surface area contributed by atoms with E-state index in [4.69, 9.17) is 0 Å². The van der Waals surface area contributed by atoms with Crippen LogP contribution in [-0.2, 0) is 6.42 Å². The van der Waals surface area contributed by atoms with Crippen molar-refractivity contribution in [2.45, 2.75) is 13.3 Å². The van der Waals surface area contributed by atoms with Crippen LogP contribution in [0.3, 0.4) is 0 Å². The van der Waals surface area contributed by atoms with Gasteiger partial charge in [-0.15, -0.1) is 5.10 Å². The van der Waals surface area contributed by atoms with E-state index in [0.29, 0.717) is 0 Å². The predicted molar refractivity (Wildman–Crippen MR) is 44.6 cm³/mol. The third-order valence-corrected chi connectivity index (χ3v) is 2.22. The summed E-state index contributed by atoms with van der Waals surface area (Å²) >= 11 is 1.33. The van der Waals surface area contributed by atoms with Crippen molar-refractivity contribution in [2.75, 3.05) is 0 Å². The lowest BCUT2D eigenvalue weighted by atomic mass is 10.2. The molecule has 2 aromatic heterocycles. The fourth-order valence-electron chi connectivity index (χ4n) is 0.921. The van der Waals surface area contributed by atoms with Crippen molar-refractivity contribution >= 4 is 21.9 Å². The monoisotopic (exact) mass is 165 g/mol. The number of rotatable bonds is 1. The van der Waals surface area contributed by atoms with Gasteiger partial charge in [-0.05, 0) is 18.1 Å². The van der Waals surface area contributed by atoms with Gasteiger partial charge in [0.05, 0.1) is 0 Å². The Balaban J connectivity index is 2.67. The van der Waals surface area contributed by atoms with Crippen molar-refractivity contribution < 1.29 is 0 Å². The second kappa shape index (κ2) is 2.54. The van der Waals surface area contributed by atoms with E-state index in [1.807, 2.05) is 12.3 Å². The zero-order chi connectivity index (χ0) is 7.68. The van der Waals surface area contributed by atoms with Crippen molar-refractivity contribution in [3.05, 3.63) is 17.8 Å². The van der Waals surface area contributed by atoms with E-state index in [-0.39, 0.29) is 0 Å². The second-order valence-corrected chi connectivity index (χ2v) is 3.03. The van der Waals surface area contributed by atoms with E-state index >= 15 is 0 Å². The van der Waals surface area contributed by atoms with Gasteiger partial charge < -0.3 is 0 Å². The van der Waals surface area contributed by atoms with E-state index in [9.17, 15) is 0 Å². The summed E-state index contributed by atoms with van der Waals surface area (Å²) in [7, 11) is 0.